The minimum Gasteiger partial charge on any atom is -0.439 e. The molecule has 0 unspecified atom stereocenters. The maximum atomic E-state index is 12.3. The Labute approximate surface area is 100 Å². The topological polar surface area (TPSA) is 42.0 Å². The van der Waals surface area contributed by atoms with Crippen LogP contribution in [-0.2, 0) is 11.3 Å². The van der Waals surface area contributed by atoms with Crippen molar-refractivity contribution in [3.63, 3.8) is 0 Å². The van der Waals surface area contributed by atoms with Gasteiger partial charge in [0.15, 0.2) is 5.75 Å². The zero-order valence-electron chi connectivity index (χ0n) is 8.94. The molecule has 6 heteroatoms. The van der Waals surface area contributed by atoms with Gasteiger partial charge in [0.05, 0.1) is 5.56 Å². The van der Waals surface area contributed by atoms with E-state index in [1.165, 1.54) is 24.3 Å². The van der Waals surface area contributed by atoms with Gasteiger partial charge in [-0.25, -0.2) is 4.98 Å². The van der Waals surface area contributed by atoms with Crippen molar-refractivity contribution in [1.29, 1.82) is 0 Å². The highest BCUT2D eigenvalue weighted by atomic mass is 19.4. The summed E-state index contributed by atoms with van der Waals surface area (Å²) in [5.41, 5.74) is -0.843. The lowest BCUT2D eigenvalue weighted by Gasteiger charge is -2.07. The summed E-state index contributed by atoms with van der Waals surface area (Å²) in [5, 5.41) is 10.8. The number of ether oxygens (including phenoxy) is 1. The van der Waals surface area contributed by atoms with Crippen molar-refractivity contribution in [2.75, 3.05) is 0 Å². The molecular formula is C12H7F3NO2. The summed E-state index contributed by atoms with van der Waals surface area (Å²) in [6.45, 7) is 0. The SMILES string of the molecule is [O]c1ccc(Oc2ccc(C(F)(F)F)cn2)cc1. The Hall–Kier alpha value is -2.24. The summed E-state index contributed by atoms with van der Waals surface area (Å²) in [6.07, 6.45) is -3.73. The second-order valence-corrected chi connectivity index (χ2v) is 3.46. The second-order valence-electron chi connectivity index (χ2n) is 3.46. The number of aromatic nitrogens is 1. The number of pyridine rings is 1. The molecule has 0 aliphatic rings. The van der Waals surface area contributed by atoms with Gasteiger partial charge in [-0.15, -0.1) is 0 Å². The number of hydrogen-bond acceptors (Lipinski definition) is 2. The average Bonchev–Trinajstić information content (AvgIpc) is 2.32. The van der Waals surface area contributed by atoms with Gasteiger partial charge in [0.1, 0.15) is 5.75 Å². The number of benzene rings is 1. The molecule has 1 aromatic heterocycles. The molecule has 2 aromatic rings. The van der Waals surface area contributed by atoms with E-state index >= 15 is 0 Å². The number of alkyl halides is 3. The Balaban J connectivity index is 2.13. The molecule has 1 heterocycles. The molecule has 2 rings (SSSR count). The summed E-state index contributed by atoms with van der Waals surface area (Å²) in [4.78, 5) is 3.54. The fourth-order valence-corrected chi connectivity index (χ4v) is 1.24. The van der Waals surface area contributed by atoms with Crippen LogP contribution in [0, 0.1) is 0 Å². The first-order valence-electron chi connectivity index (χ1n) is 4.93. The molecule has 0 N–H and O–H groups in total. The molecule has 93 valence electrons. The van der Waals surface area contributed by atoms with Crippen molar-refractivity contribution in [2.45, 2.75) is 6.18 Å². The van der Waals surface area contributed by atoms with Crippen LogP contribution < -0.4 is 4.74 Å². The Morgan fingerprint density at radius 2 is 1.67 bits per heavy atom. The highest BCUT2D eigenvalue weighted by Crippen LogP contribution is 2.30. The van der Waals surface area contributed by atoms with E-state index in [1.807, 2.05) is 0 Å². The normalized spacial score (nSPS) is 11.3. The fraction of sp³-hybridized carbons (Fsp3) is 0.0833. The lowest BCUT2D eigenvalue weighted by atomic mass is 10.3. The van der Waals surface area contributed by atoms with Crippen molar-refractivity contribution in [3.8, 4) is 17.4 Å². The summed E-state index contributed by atoms with van der Waals surface area (Å²) < 4.78 is 42.0. The van der Waals surface area contributed by atoms with E-state index in [2.05, 4.69) is 4.98 Å². The van der Waals surface area contributed by atoms with Crippen LogP contribution in [0.25, 0.3) is 0 Å². The molecule has 1 aromatic carbocycles. The molecule has 0 amide bonds. The molecule has 0 spiro atoms. The van der Waals surface area contributed by atoms with Crippen LogP contribution >= 0.6 is 0 Å². The minimum absolute atomic E-state index is 0.0293. The zero-order chi connectivity index (χ0) is 13.2. The first-order valence-corrected chi connectivity index (χ1v) is 4.93. The third kappa shape index (κ3) is 2.91. The van der Waals surface area contributed by atoms with Gasteiger partial charge in [-0.2, -0.15) is 13.2 Å². The molecular weight excluding hydrogens is 247 g/mol. The minimum atomic E-state index is -4.42. The van der Waals surface area contributed by atoms with E-state index in [0.717, 1.165) is 12.1 Å². The zero-order valence-corrected chi connectivity index (χ0v) is 8.94. The molecule has 1 radical (unpaired) electrons. The van der Waals surface area contributed by atoms with E-state index in [9.17, 15) is 18.3 Å². The summed E-state index contributed by atoms with van der Waals surface area (Å²) in [6, 6.07) is 7.42. The molecule has 0 atom stereocenters. The van der Waals surface area contributed by atoms with Crippen LogP contribution in [0.4, 0.5) is 13.2 Å². The van der Waals surface area contributed by atoms with Crippen molar-refractivity contribution in [2.24, 2.45) is 0 Å². The van der Waals surface area contributed by atoms with Crippen LogP contribution in [0.2, 0.25) is 0 Å². The summed E-state index contributed by atoms with van der Waals surface area (Å²) in [5.74, 6) is 0.186. The Bertz CT molecular complexity index is 521. The van der Waals surface area contributed by atoms with E-state index in [-0.39, 0.29) is 11.6 Å². The smallest absolute Gasteiger partial charge is 0.417 e. The number of hydrogen-bond donors (Lipinski definition) is 0. The van der Waals surface area contributed by atoms with Gasteiger partial charge in [0.25, 0.3) is 0 Å². The largest absolute Gasteiger partial charge is 0.439 e. The van der Waals surface area contributed by atoms with Crippen LogP contribution in [0.3, 0.4) is 0 Å². The fourth-order valence-electron chi connectivity index (χ4n) is 1.24. The van der Waals surface area contributed by atoms with Crippen LogP contribution in [0.1, 0.15) is 5.56 Å². The van der Waals surface area contributed by atoms with Gasteiger partial charge in [0, 0.05) is 12.3 Å². The van der Waals surface area contributed by atoms with Crippen LogP contribution in [-0.4, -0.2) is 4.98 Å². The average molecular weight is 254 g/mol. The Morgan fingerprint density at radius 3 is 2.17 bits per heavy atom. The van der Waals surface area contributed by atoms with Crippen molar-refractivity contribution >= 4 is 0 Å². The highest BCUT2D eigenvalue weighted by Gasteiger charge is 2.30. The van der Waals surface area contributed by atoms with Gasteiger partial charge in [-0.05, 0) is 30.3 Å². The predicted octanol–water partition coefficient (Wildman–Crippen LogP) is 4.04. The molecule has 0 saturated heterocycles. The Morgan fingerprint density at radius 1 is 1.00 bits per heavy atom. The standard InChI is InChI=1S/C12H7F3NO2/c13-12(14,15)8-1-6-11(16-7-8)18-10-4-2-9(17)3-5-10/h1-7H. The van der Waals surface area contributed by atoms with Crippen molar-refractivity contribution in [3.05, 3.63) is 48.2 Å². The molecule has 3 nitrogen and oxygen atoms in total. The van der Waals surface area contributed by atoms with Gasteiger partial charge in [0.2, 0.25) is 5.88 Å². The maximum absolute atomic E-state index is 12.3. The van der Waals surface area contributed by atoms with Crippen LogP contribution in [0.5, 0.6) is 17.4 Å². The van der Waals surface area contributed by atoms with Gasteiger partial charge < -0.3 is 4.74 Å². The maximum Gasteiger partial charge on any atom is 0.417 e. The number of halogens is 3. The molecule has 0 aliphatic carbocycles. The molecule has 0 fully saturated rings. The lowest BCUT2D eigenvalue weighted by Crippen LogP contribution is -2.05. The quantitative estimate of drug-likeness (QED) is 0.811. The van der Waals surface area contributed by atoms with Gasteiger partial charge in [-0.1, -0.05) is 0 Å². The van der Waals surface area contributed by atoms with Gasteiger partial charge >= 0.3 is 6.18 Å². The van der Waals surface area contributed by atoms with Crippen molar-refractivity contribution in [1.82, 2.24) is 4.98 Å². The molecule has 0 saturated carbocycles. The predicted molar refractivity (Wildman–Crippen MR) is 55.9 cm³/mol. The van der Waals surface area contributed by atoms with E-state index in [4.69, 9.17) is 4.74 Å². The number of nitrogens with zero attached hydrogens (tertiary/aromatic N) is 1. The van der Waals surface area contributed by atoms with Crippen molar-refractivity contribution < 1.29 is 23.0 Å². The Kier molecular flexibility index (Phi) is 3.10. The highest BCUT2D eigenvalue weighted by molar-refractivity contribution is 5.33. The monoisotopic (exact) mass is 254 g/mol. The molecule has 0 aliphatic heterocycles. The van der Waals surface area contributed by atoms with E-state index < -0.39 is 11.7 Å². The summed E-state index contributed by atoms with van der Waals surface area (Å²) in [7, 11) is 0. The first-order chi connectivity index (χ1) is 8.45. The third-order valence-electron chi connectivity index (χ3n) is 2.11. The number of rotatable bonds is 2. The lowest BCUT2D eigenvalue weighted by molar-refractivity contribution is -0.137. The molecule has 18 heavy (non-hydrogen) atoms. The molecule has 0 bridgehead atoms. The first kappa shape index (κ1) is 12.2. The summed E-state index contributed by atoms with van der Waals surface area (Å²) >= 11 is 0. The second kappa shape index (κ2) is 4.56. The van der Waals surface area contributed by atoms with Crippen LogP contribution in [0.15, 0.2) is 42.6 Å². The van der Waals surface area contributed by atoms with E-state index in [0.29, 0.717) is 11.9 Å². The van der Waals surface area contributed by atoms with Gasteiger partial charge in [-0.3, -0.25) is 5.11 Å². The van der Waals surface area contributed by atoms with E-state index in [1.54, 1.807) is 0 Å². The third-order valence-corrected chi connectivity index (χ3v) is 2.11.